The van der Waals surface area contributed by atoms with Crippen LogP contribution in [0.5, 0.6) is 0 Å². The number of nitrogens with two attached hydrogens (primary N) is 1. The van der Waals surface area contributed by atoms with Crippen LogP contribution in [-0.2, 0) is 0 Å². The van der Waals surface area contributed by atoms with Crippen LogP contribution < -0.4 is 11.1 Å². The minimum atomic E-state index is -0.109. The highest BCUT2D eigenvalue weighted by Gasteiger charge is 2.25. The molecule has 2 rings (SSSR count). The molecule has 1 aromatic carbocycles. The van der Waals surface area contributed by atoms with Gasteiger partial charge in [-0.25, -0.2) is 4.79 Å². The number of amides is 2. The van der Waals surface area contributed by atoms with Gasteiger partial charge in [-0.1, -0.05) is 17.7 Å². The van der Waals surface area contributed by atoms with E-state index >= 15 is 0 Å². The number of rotatable bonds is 2. The van der Waals surface area contributed by atoms with Crippen molar-refractivity contribution in [2.45, 2.75) is 32.2 Å². The molecule has 104 valence electrons. The van der Waals surface area contributed by atoms with E-state index in [4.69, 9.17) is 17.3 Å². The summed E-state index contributed by atoms with van der Waals surface area (Å²) in [6.45, 7) is 3.24. The maximum absolute atomic E-state index is 12.3. The quantitative estimate of drug-likeness (QED) is 0.875. The first kappa shape index (κ1) is 14.2. The lowest BCUT2D eigenvalue weighted by atomic mass is 10.0. The van der Waals surface area contributed by atoms with Crippen molar-refractivity contribution in [1.82, 2.24) is 4.90 Å². The van der Waals surface area contributed by atoms with Crippen LogP contribution in [0.3, 0.4) is 0 Å². The predicted octanol–water partition coefficient (Wildman–Crippen LogP) is 2.99. The molecular weight excluding hydrogens is 262 g/mol. The van der Waals surface area contributed by atoms with E-state index in [1.807, 2.05) is 24.0 Å². The third-order valence-electron chi connectivity index (χ3n) is 3.52. The molecule has 1 fully saturated rings. The SMILES string of the molecule is Cc1ccc(Cl)c(NC(=O)N2CCCC[C@H]2CN)c1. The number of anilines is 1. The zero-order valence-electron chi connectivity index (χ0n) is 11.2. The van der Waals surface area contributed by atoms with Gasteiger partial charge in [-0.3, -0.25) is 0 Å². The fourth-order valence-corrected chi connectivity index (χ4v) is 2.60. The number of nitrogens with one attached hydrogen (secondary N) is 1. The highest BCUT2D eigenvalue weighted by molar-refractivity contribution is 6.33. The zero-order chi connectivity index (χ0) is 13.8. The van der Waals surface area contributed by atoms with Crippen LogP contribution in [0.15, 0.2) is 18.2 Å². The first-order chi connectivity index (χ1) is 9.11. The van der Waals surface area contributed by atoms with Gasteiger partial charge in [-0.15, -0.1) is 0 Å². The van der Waals surface area contributed by atoms with Crippen LogP contribution in [0, 0.1) is 6.92 Å². The molecule has 0 spiro atoms. The lowest BCUT2D eigenvalue weighted by Gasteiger charge is -2.35. The van der Waals surface area contributed by atoms with Gasteiger partial charge in [0, 0.05) is 19.1 Å². The van der Waals surface area contributed by atoms with Crippen LogP contribution in [-0.4, -0.2) is 30.1 Å². The van der Waals surface area contributed by atoms with Gasteiger partial charge in [0.25, 0.3) is 0 Å². The molecule has 0 aliphatic carbocycles. The van der Waals surface area contributed by atoms with Crippen LogP contribution in [0.2, 0.25) is 5.02 Å². The van der Waals surface area contributed by atoms with Gasteiger partial charge in [0.1, 0.15) is 0 Å². The molecule has 0 radical (unpaired) electrons. The van der Waals surface area contributed by atoms with E-state index in [0.29, 0.717) is 17.3 Å². The number of likely N-dealkylation sites (tertiary alicyclic amines) is 1. The number of aryl methyl sites for hydroxylation is 1. The summed E-state index contributed by atoms with van der Waals surface area (Å²) in [5.74, 6) is 0. The number of piperidine rings is 1. The van der Waals surface area contributed by atoms with Gasteiger partial charge < -0.3 is 16.0 Å². The molecule has 1 aliphatic heterocycles. The Bertz CT molecular complexity index is 464. The first-order valence-corrected chi connectivity index (χ1v) is 7.03. The second kappa shape index (κ2) is 6.26. The summed E-state index contributed by atoms with van der Waals surface area (Å²) in [5, 5.41) is 3.44. The van der Waals surface area contributed by atoms with Crippen molar-refractivity contribution in [3.8, 4) is 0 Å². The number of halogens is 1. The van der Waals surface area contributed by atoms with Crippen molar-refractivity contribution in [3.63, 3.8) is 0 Å². The Morgan fingerprint density at radius 1 is 1.53 bits per heavy atom. The van der Waals surface area contributed by atoms with E-state index < -0.39 is 0 Å². The van der Waals surface area contributed by atoms with Crippen molar-refractivity contribution in [1.29, 1.82) is 0 Å². The summed E-state index contributed by atoms with van der Waals surface area (Å²) in [7, 11) is 0. The zero-order valence-corrected chi connectivity index (χ0v) is 11.9. The molecule has 0 saturated carbocycles. The average molecular weight is 282 g/mol. The van der Waals surface area contributed by atoms with E-state index in [-0.39, 0.29) is 12.1 Å². The van der Waals surface area contributed by atoms with E-state index in [1.54, 1.807) is 6.07 Å². The third-order valence-corrected chi connectivity index (χ3v) is 3.85. The minimum absolute atomic E-state index is 0.109. The fraction of sp³-hybridized carbons (Fsp3) is 0.500. The molecule has 1 aromatic rings. The molecule has 0 unspecified atom stereocenters. The van der Waals surface area contributed by atoms with E-state index in [1.165, 1.54) is 0 Å². The molecular formula is C14H20ClN3O. The standard InChI is InChI=1S/C14H20ClN3O/c1-10-5-6-12(15)13(8-10)17-14(19)18-7-3-2-4-11(18)9-16/h5-6,8,11H,2-4,7,9,16H2,1H3,(H,17,19)/t11-/m0/s1. The minimum Gasteiger partial charge on any atom is -0.328 e. The van der Waals surface area contributed by atoms with Crippen LogP contribution in [0.1, 0.15) is 24.8 Å². The van der Waals surface area contributed by atoms with E-state index in [2.05, 4.69) is 5.32 Å². The van der Waals surface area contributed by atoms with E-state index in [0.717, 1.165) is 31.4 Å². The van der Waals surface area contributed by atoms with Gasteiger partial charge in [0.2, 0.25) is 0 Å². The largest absolute Gasteiger partial charge is 0.328 e. The van der Waals surface area contributed by atoms with Gasteiger partial charge in [0.15, 0.2) is 0 Å². The number of nitrogens with zero attached hydrogens (tertiary/aromatic N) is 1. The van der Waals surface area contributed by atoms with Crippen LogP contribution >= 0.6 is 11.6 Å². The highest BCUT2D eigenvalue weighted by Crippen LogP contribution is 2.24. The number of urea groups is 1. The lowest BCUT2D eigenvalue weighted by Crippen LogP contribution is -2.49. The van der Waals surface area contributed by atoms with Crippen molar-refractivity contribution < 1.29 is 4.79 Å². The number of carbonyl (C=O) groups is 1. The Hall–Kier alpha value is -1.26. The monoisotopic (exact) mass is 281 g/mol. The lowest BCUT2D eigenvalue weighted by molar-refractivity contribution is 0.166. The second-order valence-corrected chi connectivity index (χ2v) is 5.40. The number of hydrogen-bond acceptors (Lipinski definition) is 2. The molecule has 2 amide bonds. The van der Waals surface area contributed by atoms with Crippen LogP contribution in [0.25, 0.3) is 0 Å². The topological polar surface area (TPSA) is 58.4 Å². The Morgan fingerprint density at radius 3 is 3.05 bits per heavy atom. The first-order valence-electron chi connectivity index (χ1n) is 6.65. The Balaban J connectivity index is 2.09. The molecule has 1 atom stereocenters. The van der Waals surface area contributed by atoms with Crippen LogP contribution in [0.4, 0.5) is 10.5 Å². The van der Waals surface area contributed by atoms with Crippen molar-refractivity contribution in [2.75, 3.05) is 18.4 Å². The predicted molar refractivity (Wildman–Crippen MR) is 78.6 cm³/mol. The van der Waals surface area contributed by atoms with Gasteiger partial charge in [-0.05, 0) is 43.9 Å². The number of carbonyl (C=O) groups excluding carboxylic acids is 1. The summed E-state index contributed by atoms with van der Waals surface area (Å²) in [6.07, 6.45) is 3.15. The summed E-state index contributed by atoms with van der Waals surface area (Å²) in [5.41, 5.74) is 7.45. The molecule has 0 bridgehead atoms. The summed E-state index contributed by atoms with van der Waals surface area (Å²) in [6, 6.07) is 5.62. The second-order valence-electron chi connectivity index (χ2n) is 4.99. The molecule has 1 heterocycles. The number of benzene rings is 1. The molecule has 5 heteroatoms. The molecule has 0 aromatic heterocycles. The smallest absolute Gasteiger partial charge is 0.322 e. The normalized spacial score (nSPS) is 19.3. The Labute approximate surface area is 118 Å². The molecule has 4 nitrogen and oxygen atoms in total. The fourth-order valence-electron chi connectivity index (χ4n) is 2.43. The van der Waals surface area contributed by atoms with Gasteiger partial charge in [0.05, 0.1) is 10.7 Å². The summed E-state index contributed by atoms with van der Waals surface area (Å²) >= 11 is 6.09. The average Bonchev–Trinajstić information content (AvgIpc) is 2.42. The molecule has 19 heavy (non-hydrogen) atoms. The maximum Gasteiger partial charge on any atom is 0.322 e. The Morgan fingerprint density at radius 2 is 2.32 bits per heavy atom. The number of hydrogen-bond donors (Lipinski definition) is 2. The highest BCUT2D eigenvalue weighted by atomic mass is 35.5. The molecule has 1 saturated heterocycles. The summed E-state index contributed by atoms with van der Waals surface area (Å²) in [4.78, 5) is 14.1. The summed E-state index contributed by atoms with van der Waals surface area (Å²) < 4.78 is 0. The van der Waals surface area contributed by atoms with Crippen molar-refractivity contribution in [2.24, 2.45) is 5.73 Å². The van der Waals surface area contributed by atoms with Crippen molar-refractivity contribution >= 4 is 23.3 Å². The third kappa shape index (κ3) is 3.39. The molecule has 1 aliphatic rings. The Kier molecular flexibility index (Phi) is 4.66. The van der Waals surface area contributed by atoms with Crippen molar-refractivity contribution in [3.05, 3.63) is 28.8 Å². The molecule has 3 N–H and O–H groups in total. The maximum atomic E-state index is 12.3. The van der Waals surface area contributed by atoms with Gasteiger partial charge >= 0.3 is 6.03 Å². The van der Waals surface area contributed by atoms with Gasteiger partial charge in [-0.2, -0.15) is 0 Å². The van der Waals surface area contributed by atoms with E-state index in [9.17, 15) is 4.79 Å².